The predicted molar refractivity (Wildman–Crippen MR) is 94.6 cm³/mol. The first-order chi connectivity index (χ1) is 11.9. The lowest BCUT2D eigenvalue weighted by atomic mass is 10.0. The molecule has 25 heavy (non-hydrogen) atoms. The van der Waals surface area contributed by atoms with E-state index in [4.69, 9.17) is 4.89 Å². The van der Waals surface area contributed by atoms with Crippen LogP contribution >= 0.6 is 7.82 Å². The molecule has 8 heteroatoms. The molecule has 0 aliphatic heterocycles. The maximum absolute atomic E-state index is 10.7. The van der Waals surface area contributed by atoms with Gasteiger partial charge in [-0.25, -0.2) is 4.98 Å². The second kappa shape index (κ2) is 9.46. The fraction of sp³-hybridized carbons (Fsp3) is 0.588. The predicted octanol–water partition coefficient (Wildman–Crippen LogP) is 2.23. The number of hydrogen-bond donors (Lipinski definition) is 3. The molecule has 1 aromatic carbocycles. The van der Waals surface area contributed by atoms with Gasteiger partial charge in [-0.05, 0) is 30.5 Å². The smallest absolute Gasteiger partial charge is 0.265 e. The van der Waals surface area contributed by atoms with E-state index < -0.39 is 13.9 Å². The molecule has 2 aromatic rings. The van der Waals surface area contributed by atoms with Gasteiger partial charge in [-0.15, -0.1) is 0 Å². The van der Waals surface area contributed by atoms with Crippen molar-refractivity contribution < 1.29 is 24.6 Å². The zero-order chi connectivity index (χ0) is 18.3. The average molecular weight is 369 g/mol. The molecule has 7 nitrogen and oxygen atoms in total. The van der Waals surface area contributed by atoms with Crippen molar-refractivity contribution in [3.63, 3.8) is 0 Å². The number of unbranched alkanes of at least 4 members (excludes halogenated alkanes) is 5. The van der Waals surface area contributed by atoms with Gasteiger partial charge in [-0.3, -0.25) is 4.57 Å². The van der Waals surface area contributed by atoms with Crippen LogP contribution in [0.25, 0.3) is 11.0 Å². The Morgan fingerprint density at radius 1 is 1.32 bits per heavy atom. The Bertz CT molecular complexity index is 713. The number of aromatic amines is 1. The standard InChI is InChI=1S/C17H28N3O4P/c1-2-3-4-5-6-7-8-13-9-10-15-16(11-13)20-17(19-15)14(18)12-24-25(21,22)23/h9-11,14H,2-8,12,18H2,1H3,(H,19,20)(H2,21,22,23)/t14-/m0/s1. The van der Waals surface area contributed by atoms with Crippen LogP contribution in [0.5, 0.6) is 0 Å². The van der Waals surface area contributed by atoms with Gasteiger partial charge < -0.3 is 25.0 Å². The summed E-state index contributed by atoms with van der Waals surface area (Å²) in [6.07, 6.45) is 8.66. The van der Waals surface area contributed by atoms with Crippen LogP contribution in [-0.4, -0.2) is 21.5 Å². The second-order valence-corrected chi connectivity index (χ2v) is 7.65. The maximum Gasteiger partial charge on any atom is 0.265 e. The fourth-order valence-electron chi connectivity index (χ4n) is 2.80. The zero-order valence-electron chi connectivity index (χ0n) is 14.7. The molecule has 0 aliphatic carbocycles. The Morgan fingerprint density at radius 2 is 2.04 bits per heavy atom. The monoisotopic (exact) mass is 369 g/mol. The lowest BCUT2D eigenvalue weighted by molar-refractivity contribution is -0.434. The highest BCUT2D eigenvalue weighted by Gasteiger charge is 2.17. The van der Waals surface area contributed by atoms with E-state index in [0.717, 1.165) is 17.5 Å². The van der Waals surface area contributed by atoms with Gasteiger partial charge in [0.2, 0.25) is 0 Å². The number of imidazole rings is 1. The van der Waals surface area contributed by atoms with E-state index in [0.29, 0.717) is 5.82 Å². The van der Waals surface area contributed by atoms with E-state index in [9.17, 15) is 9.46 Å². The van der Waals surface area contributed by atoms with Gasteiger partial charge in [0.15, 0.2) is 11.9 Å². The number of aryl methyl sites for hydroxylation is 1. The molecular weight excluding hydrogens is 341 g/mol. The molecule has 0 saturated carbocycles. The van der Waals surface area contributed by atoms with Crippen molar-refractivity contribution in [2.45, 2.75) is 57.9 Å². The number of nitrogens with one attached hydrogen (secondary N) is 1. The van der Waals surface area contributed by atoms with Crippen LogP contribution in [0.15, 0.2) is 18.2 Å². The number of benzene rings is 1. The van der Waals surface area contributed by atoms with Gasteiger partial charge in [0, 0.05) is 0 Å². The van der Waals surface area contributed by atoms with E-state index in [1.54, 1.807) is 0 Å². The van der Waals surface area contributed by atoms with Crippen molar-refractivity contribution in [2.24, 2.45) is 0 Å². The van der Waals surface area contributed by atoms with Crippen LogP contribution in [0.2, 0.25) is 0 Å². The summed E-state index contributed by atoms with van der Waals surface area (Å²) in [6.45, 7) is 1.97. The SMILES string of the molecule is CCCCCCCCc1ccc2nc([C@@H]([NH3+])COP(=O)([O-])O)[nH]c2c1. The van der Waals surface area contributed by atoms with Crippen LogP contribution in [0.1, 0.15) is 62.9 Å². The number of phosphoric acid groups is 1. The Morgan fingerprint density at radius 3 is 2.76 bits per heavy atom. The molecule has 5 N–H and O–H groups in total. The fourth-order valence-corrected chi connectivity index (χ4v) is 3.17. The lowest BCUT2D eigenvalue weighted by Crippen LogP contribution is -2.56. The molecule has 0 saturated heterocycles. The third kappa shape index (κ3) is 6.88. The molecule has 0 bridgehead atoms. The van der Waals surface area contributed by atoms with Crippen LogP contribution in [-0.2, 0) is 15.5 Å². The summed E-state index contributed by atoms with van der Waals surface area (Å²) < 4.78 is 15.1. The van der Waals surface area contributed by atoms with Crippen molar-refractivity contribution in [3.05, 3.63) is 29.6 Å². The summed E-state index contributed by atoms with van der Waals surface area (Å²) in [4.78, 5) is 26.9. The Hall–Kier alpha value is -1.24. The Labute approximate surface area is 148 Å². The molecule has 0 radical (unpaired) electrons. The summed E-state index contributed by atoms with van der Waals surface area (Å²) in [6, 6.07) is 5.60. The number of rotatable bonds is 11. The Balaban J connectivity index is 1.90. The summed E-state index contributed by atoms with van der Waals surface area (Å²) in [5, 5.41) is 0. The van der Waals surface area contributed by atoms with E-state index in [1.165, 1.54) is 44.1 Å². The van der Waals surface area contributed by atoms with Crippen molar-refractivity contribution in [1.29, 1.82) is 0 Å². The molecule has 0 amide bonds. The first kappa shape index (κ1) is 20.1. The summed E-state index contributed by atoms with van der Waals surface area (Å²) in [5.74, 6) is 0.542. The number of phosphoric ester groups is 1. The van der Waals surface area contributed by atoms with E-state index in [2.05, 4.69) is 39.3 Å². The minimum Gasteiger partial charge on any atom is -0.756 e. The molecule has 1 aromatic heterocycles. The molecule has 0 spiro atoms. The number of hydrogen-bond acceptors (Lipinski definition) is 4. The quantitative estimate of drug-likeness (QED) is 0.414. The first-order valence-corrected chi connectivity index (χ1v) is 10.4. The topological polar surface area (TPSA) is 126 Å². The second-order valence-electron chi connectivity index (χ2n) is 6.45. The third-order valence-corrected chi connectivity index (χ3v) is 4.68. The third-order valence-electron chi connectivity index (χ3n) is 4.21. The van der Waals surface area contributed by atoms with Gasteiger partial charge in [-0.1, -0.05) is 45.1 Å². The van der Waals surface area contributed by atoms with E-state index in [-0.39, 0.29) is 6.61 Å². The lowest BCUT2D eigenvalue weighted by Gasteiger charge is -2.16. The molecule has 2 atom stereocenters. The molecule has 0 fully saturated rings. The summed E-state index contributed by atoms with van der Waals surface area (Å²) in [7, 11) is -4.74. The normalized spacial score (nSPS) is 15.4. The van der Waals surface area contributed by atoms with Crippen LogP contribution in [0.3, 0.4) is 0 Å². The minimum absolute atomic E-state index is 0.248. The van der Waals surface area contributed by atoms with Gasteiger partial charge in [0.1, 0.15) is 6.61 Å². The zero-order valence-corrected chi connectivity index (χ0v) is 15.6. The first-order valence-electron chi connectivity index (χ1n) is 8.89. The Kier molecular flexibility index (Phi) is 7.59. The molecule has 1 heterocycles. The molecule has 1 unspecified atom stereocenters. The van der Waals surface area contributed by atoms with Crippen molar-refractivity contribution in [1.82, 2.24) is 9.97 Å². The van der Waals surface area contributed by atoms with Crippen molar-refractivity contribution in [2.75, 3.05) is 6.61 Å². The maximum atomic E-state index is 10.7. The van der Waals surface area contributed by atoms with Gasteiger partial charge in [0.05, 0.1) is 11.0 Å². The van der Waals surface area contributed by atoms with Gasteiger partial charge >= 0.3 is 0 Å². The van der Waals surface area contributed by atoms with E-state index in [1.807, 2.05) is 6.07 Å². The molecule has 0 aliphatic rings. The molecular formula is C17H28N3O4P. The number of nitrogens with zero attached hydrogens (tertiary/aromatic N) is 1. The van der Waals surface area contributed by atoms with Gasteiger partial charge in [0.25, 0.3) is 7.82 Å². The molecule has 140 valence electrons. The summed E-state index contributed by atoms with van der Waals surface area (Å²) in [5.41, 5.74) is 6.80. The number of quaternary nitrogens is 1. The van der Waals surface area contributed by atoms with Crippen molar-refractivity contribution >= 4 is 18.9 Å². The van der Waals surface area contributed by atoms with E-state index >= 15 is 0 Å². The number of aromatic nitrogens is 2. The van der Waals surface area contributed by atoms with Crippen molar-refractivity contribution in [3.8, 4) is 0 Å². The van der Waals surface area contributed by atoms with Gasteiger partial charge in [-0.2, -0.15) is 0 Å². The van der Waals surface area contributed by atoms with Crippen LogP contribution in [0.4, 0.5) is 0 Å². The highest BCUT2D eigenvalue weighted by molar-refractivity contribution is 7.44. The number of fused-ring (bicyclic) bond motifs is 1. The molecule has 2 rings (SSSR count). The highest BCUT2D eigenvalue weighted by Crippen LogP contribution is 2.31. The minimum atomic E-state index is -4.74. The number of H-pyrrole nitrogens is 1. The summed E-state index contributed by atoms with van der Waals surface area (Å²) >= 11 is 0. The largest absolute Gasteiger partial charge is 0.756 e. The van der Waals surface area contributed by atoms with Crippen LogP contribution < -0.4 is 10.6 Å². The van der Waals surface area contributed by atoms with Crippen LogP contribution in [0, 0.1) is 0 Å². The highest BCUT2D eigenvalue weighted by atomic mass is 31.2. The average Bonchev–Trinajstić information content (AvgIpc) is 2.98.